The van der Waals surface area contributed by atoms with E-state index in [-0.39, 0.29) is 5.41 Å². The van der Waals surface area contributed by atoms with Gasteiger partial charge < -0.3 is 9.53 Å². The molecule has 2 nitrogen and oxygen atoms in total. The van der Waals surface area contributed by atoms with Crippen LogP contribution in [0.3, 0.4) is 0 Å². The van der Waals surface area contributed by atoms with E-state index in [2.05, 4.69) is 6.92 Å². The molecule has 1 aliphatic carbocycles. The topological polar surface area (TPSA) is 26.3 Å². The number of carbonyl (C=O) groups is 1. The Bertz CT molecular complexity index is 221. The quantitative estimate of drug-likeness (QED) is 0.669. The van der Waals surface area contributed by atoms with E-state index in [0.717, 1.165) is 32.3 Å². The van der Waals surface area contributed by atoms with E-state index in [4.69, 9.17) is 4.74 Å². The van der Waals surface area contributed by atoms with Crippen LogP contribution in [0.2, 0.25) is 0 Å². The summed E-state index contributed by atoms with van der Waals surface area (Å²) in [5.41, 5.74) is -0.0489. The number of carbonyl (C=O) groups excluding carboxylic acids is 1. The van der Waals surface area contributed by atoms with E-state index < -0.39 is 0 Å². The highest BCUT2D eigenvalue weighted by molar-refractivity contribution is 5.59. The van der Waals surface area contributed by atoms with Crippen molar-refractivity contribution in [3.63, 3.8) is 0 Å². The van der Waals surface area contributed by atoms with Gasteiger partial charge in [0.05, 0.1) is 6.10 Å². The molecule has 0 amide bonds. The zero-order valence-corrected chi connectivity index (χ0v) is 9.71. The van der Waals surface area contributed by atoms with Gasteiger partial charge in [-0.15, -0.1) is 0 Å². The van der Waals surface area contributed by atoms with Gasteiger partial charge in [0, 0.05) is 12.0 Å². The third-order valence-corrected chi connectivity index (χ3v) is 4.03. The number of hydrogen-bond donors (Lipinski definition) is 0. The molecule has 2 heteroatoms. The Hall–Kier alpha value is -0.370. The monoisotopic (exact) mass is 210 g/mol. The first-order valence-corrected chi connectivity index (χ1v) is 6.32. The van der Waals surface area contributed by atoms with Crippen LogP contribution in [-0.2, 0) is 9.53 Å². The predicted octanol–water partition coefficient (Wildman–Crippen LogP) is 2.95. The largest absolute Gasteiger partial charge is 0.378 e. The van der Waals surface area contributed by atoms with Crippen molar-refractivity contribution in [2.24, 2.45) is 11.3 Å². The molecule has 2 fully saturated rings. The molecule has 1 heterocycles. The van der Waals surface area contributed by atoms with E-state index in [1.165, 1.54) is 25.5 Å². The molecule has 0 aromatic heterocycles. The molecule has 0 bridgehead atoms. The van der Waals surface area contributed by atoms with Crippen molar-refractivity contribution in [3.8, 4) is 0 Å². The molecule has 0 N–H and O–H groups in total. The summed E-state index contributed by atoms with van der Waals surface area (Å²) >= 11 is 0. The number of rotatable bonds is 3. The van der Waals surface area contributed by atoms with Crippen LogP contribution in [-0.4, -0.2) is 19.0 Å². The molecule has 3 atom stereocenters. The van der Waals surface area contributed by atoms with E-state index >= 15 is 0 Å². The first-order chi connectivity index (χ1) is 7.24. The van der Waals surface area contributed by atoms with E-state index in [1.807, 2.05) is 0 Å². The van der Waals surface area contributed by atoms with Crippen LogP contribution < -0.4 is 0 Å². The Morgan fingerprint density at radius 1 is 1.40 bits per heavy atom. The van der Waals surface area contributed by atoms with Gasteiger partial charge in [-0.1, -0.05) is 19.8 Å². The highest BCUT2D eigenvalue weighted by Crippen LogP contribution is 2.42. The standard InChI is InChI=1S/C13H22O2/c1-11-4-2-6-13(8-11,10-14)9-12-5-3-7-15-12/h10-12H,2-9H2,1H3. The van der Waals surface area contributed by atoms with E-state index in [0.29, 0.717) is 12.0 Å². The predicted molar refractivity (Wildman–Crippen MR) is 59.7 cm³/mol. The van der Waals surface area contributed by atoms with Crippen LogP contribution in [0.15, 0.2) is 0 Å². The van der Waals surface area contributed by atoms with Crippen LogP contribution in [0.25, 0.3) is 0 Å². The smallest absolute Gasteiger partial charge is 0.126 e. The van der Waals surface area contributed by atoms with E-state index in [9.17, 15) is 4.79 Å². The second kappa shape index (κ2) is 4.65. The molecular weight excluding hydrogens is 188 g/mol. The Kier molecular flexibility index (Phi) is 3.45. The molecule has 1 aliphatic heterocycles. The molecule has 1 saturated carbocycles. The van der Waals surface area contributed by atoms with Crippen LogP contribution in [0.4, 0.5) is 0 Å². The van der Waals surface area contributed by atoms with Crippen molar-refractivity contribution >= 4 is 6.29 Å². The molecule has 0 aromatic carbocycles. The molecule has 0 aromatic rings. The van der Waals surface area contributed by atoms with Crippen molar-refractivity contribution in [2.45, 2.75) is 58.0 Å². The Labute approximate surface area is 92.4 Å². The summed E-state index contributed by atoms with van der Waals surface area (Å²) < 4.78 is 5.66. The van der Waals surface area contributed by atoms with Gasteiger partial charge in [-0.3, -0.25) is 0 Å². The second-order valence-corrected chi connectivity index (χ2v) is 5.52. The normalized spacial score (nSPS) is 41.7. The Morgan fingerprint density at radius 2 is 2.27 bits per heavy atom. The molecule has 15 heavy (non-hydrogen) atoms. The van der Waals surface area contributed by atoms with Gasteiger partial charge in [-0.25, -0.2) is 0 Å². The van der Waals surface area contributed by atoms with Crippen molar-refractivity contribution in [3.05, 3.63) is 0 Å². The first-order valence-electron chi connectivity index (χ1n) is 6.32. The van der Waals surface area contributed by atoms with Crippen LogP contribution >= 0.6 is 0 Å². The summed E-state index contributed by atoms with van der Waals surface area (Å²) in [6.45, 7) is 3.17. The van der Waals surface area contributed by atoms with Crippen LogP contribution in [0.5, 0.6) is 0 Å². The SMILES string of the molecule is CC1CCCC(C=O)(CC2CCCO2)C1. The van der Waals surface area contributed by atoms with Gasteiger partial charge in [0.25, 0.3) is 0 Å². The molecule has 3 unspecified atom stereocenters. The lowest BCUT2D eigenvalue weighted by atomic mass is 9.68. The van der Waals surface area contributed by atoms with Gasteiger partial charge in [0.15, 0.2) is 0 Å². The molecule has 0 radical (unpaired) electrons. The van der Waals surface area contributed by atoms with Gasteiger partial charge in [0.1, 0.15) is 6.29 Å². The molecule has 2 aliphatic rings. The zero-order valence-electron chi connectivity index (χ0n) is 9.71. The van der Waals surface area contributed by atoms with Crippen LogP contribution in [0.1, 0.15) is 51.9 Å². The number of hydrogen-bond acceptors (Lipinski definition) is 2. The average Bonchev–Trinajstić information content (AvgIpc) is 2.70. The Balaban J connectivity index is 1.96. The van der Waals surface area contributed by atoms with Crippen molar-refractivity contribution in [1.29, 1.82) is 0 Å². The summed E-state index contributed by atoms with van der Waals surface area (Å²) in [6, 6.07) is 0. The van der Waals surface area contributed by atoms with Crippen molar-refractivity contribution in [1.82, 2.24) is 0 Å². The third kappa shape index (κ3) is 2.60. The van der Waals surface area contributed by atoms with Gasteiger partial charge in [0.2, 0.25) is 0 Å². The van der Waals surface area contributed by atoms with Gasteiger partial charge >= 0.3 is 0 Å². The summed E-state index contributed by atoms with van der Waals surface area (Å²) in [4.78, 5) is 11.4. The lowest BCUT2D eigenvalue weighted by Gasteiger charge is -2.37. The molecule has 86 valence electrons. The van der Waals surface area contributed by atoms with Crippen LogP contribution in [0, 0.1) is 11.3 Å². The minimum absolute atomic E-state index is 0.0489. The highest BCUT2D eigenvalue weighted by Gasteiger charge is 2.37. The molecular formula is C13H22O2. The van der Waals surface area contributed by atoms with Crippen molar-refractivity contribution < 1.29 is 9.53 Å². The third-order valence-electron chi connectivity index (χ3n) is 4.03. The summed E-state index contributed by atoms with van der Waals surface area (Å²) in [7, 11) is 0. The fourth-order valence-corrected chi connectivity index (χ4v) is 3.30. The van der Waals surface area contributed by atoms with Gasteiger partial charge in [-0.05, 0) is 38.0 Å². The molecule has 1 saturated heterocycles. The zero-order chi connectivity index (χ0) is 10.7. The minimum atomic E-state index is -0.0489. The lowest BCUT2D eigenvalue weighted by molar-refractivity contribution is -0.121. The fourth-order valence-electron chi connectivity index (χ4n) is 3.30. The maximum Gasteiger partial charge on any atom is 0.126 e. The average molecular weight is 210 g/mol. The number of ether oxygens (including phenoxy) is 1. The van der Waals surface area contributed by atoms with Gasteiger partial charge in [-0.2, -0.15) is 0 Å². The maximum atomic E-state index is 11.4. The lowest BCUT2D eigenvalue weighted by Crippen LogP contribution is -2.33. The fraction of sp³-hybridized carbons (Fsp3) is 0.923. The van der Waals surface area contributed by atoms with Crippen molar-refractivity contribution in [2.75, 3.05) is 6.61 Å². The second-order valence-electron chi connectivity index (χ2n) is 5.52. The summed E-state index contributed by atoms with van der Waals surface area (Å²) in [6.07, 6.45) is 9.57. The minimum Gasteiger partial charge on any atom is -0.378 e. The van der Waals surface area contributed by atoms with E-state index in [1.54, 1.807) is 0 Å². The highest BCUT2D eigenvalue weighted by atomic mass is 16.5. The summed E-state index contributed by atoms with van der Waals surface area (Å²) in [5.74, 6) is 0.713. The number of aldehydes is 1. The molecule has 2 rings (SSSR count). The Morgan fingerprint density at radius 3 is 2.87 bits per heavy atom. The maximum absolute atomic E-state index is 11.4. The molecule has 0 spiro atoms. The first kappa shape index (κ1) is 11.1. The summed E-state index contributed by atoms with van der Waals surface area (Å²) in [5, 5.41) is 0.